The number of nitrogens with one attached hydrogen (secondary N) is 2. The second-order valence-corrected chi connectivity index (χ2v) is 7.53. The van der Waals surface area contributed by atoms with Crippen LogP contribution in [0, 0.1) is 18.6 Å². The first-order valence-corrected chi connectivity index (χ1v) is 10.1. The fourth-order valence-corrected chi connectivity index (χ4v) is 3.23. The van der Waals surface area contributed by atoms with Crippen molar-refractivity contribution in [1.82, 2.24) is 9.55 Å². The Bertz CT molecular complexity index is 1320. The number of hydrogen-bond acceptors (Lipinski definition) is 3. The highest BCUT2D eigenvalue weighted by Gasteiger charge is 2.12. The Balaban J connectivity index is 1.36. The van der Waals surface area contributed by atoms with E-state index in [1.807, 2.05) is 37.3 Å². The average Bonchev–Trinajstić information content (AvgIpc) is 3.26. The maximum absolute atomic E-state index is 13.3. The standard InChI is InChI=1S/C25H20F2N4O2/c1-16-3-2-4-18(11-16)24(32)29-19-7-5-17(6-8-19)13-31-14-23(28-15-31)25(33)30-20-9-10-21(26)22(27)12-20/h2-12,14-15H,13H2,1H3,(H,29,32)(H,30,33). The number of aryl methyl sites for hydroxylation is 1. The highest BCUT2D eigenvalue weighted by atomic mass is 19.2. The second-order valence-electron chi connectivity index (χ2n) is 7.53. The topological polar surface area (TPSA) is 76.0 Å². The molecule has 0 saturated heterocycles. The number of imidazole rings is 1. The molecule has 4 aromatic rings. The molecule has 0 saturated carbocycles. The number of carbonyl (C=O) groups excluding carboxylic acids is 2. The van der Waals surface area contributed by atoms with Crippen LogP contribution in [-0.4, -0.2) is 21.4 Å². The summed E-state index contributed by atoms with van der Waals surface area (Å²) in [4.78, 5) is 28.8. The van der Waals surface area contributed by atoms with E-state index in [9.17, 15) is 18.4 Å². The molecule has 1 heterocycles. The predicted molar refractivity (Wildman–Crippen MR) is 121 cm³/mol. The van der Waals surface area contributed by atoms with Gasteiger partial charge in [0.1, 0.15) is 5.69 Å². The van der Waals surface area contributed by atoms with Gasteiger partial charge in [-0.05, 0) is 48.9 Å². The van der Waals surface area contributed by atoms with Crippen LogP contribution in [0.25, 0.3) is 0 Å². The van der Waals surface area contributed by atoms with Crippen LogP contribution >= 0.6 is 0 Å². The molecule has 0 fully saturated rings. The molecule has 0 atom stereocenters. The van der Waals surface area contributed by atoms with Gasteiger partial charge in [0.25, 0.3) is 11.8 Å². The van der Waals surface area contributed by atoms with Crippen molar-refractivity contribution in [3.63, 3.8) is 0 Å². The first-order chi connectivity index (χ1) is 15.9. The molecule has 0 aliphatic carbocycles. The number of benzene rings is 3. The predicted octanol–water partition coefficient (Wildman–Crippen LogP) is 5.02. The molecule has 2 N–H and O–H groups in total. The number of hydrogen-bond donors (Lipinski definition) is 2. The van der Waals surface area contributed by atoms with Crippen molar-refractivity contribution in [2.75, 3.05) is 10.6 Å². The molecule has 2 amide bonds. The highest BCUT2D eigenvalue weighted by molar-refractivity contribution is 6.04. The third-order valence-electron chi connectivity index (χ3n) is 4.90. The average molecular weight is 446 g/mol. The Morgan fingerprint density at radius 1 is 0.879 bits per heavy atom. The summed E-state index contributed by atoms with van der Waals surface area (Å²) in [5.74, 6) is -2.75. The van der Waals surface area contributed by atoms with Gasteiger partial charge in [-0.25, -0.2) is 13.8 Å². The monoisotopic (exact) mass is 446 g/mol. The summed E-state index contributed by atoms with van der Waals surface area (Å²) in [5.41, 5.74) is 3.48. The molecule has 8 heteroatoms. The second kappa shape index (κ2) is 9.44. The van der Waals surface area contributed by atoms with E-state index in [0.29, 0.717) is 17.8 Å². The molecule has 0 aliphatic heterocycles. The van der Waals surface area contributed by atoms with Gasteiger partial charge >= 0.3 is 0 Å². The van der Waals surface area contributed by atoms with E-state index in [1.54, 1.807) is 29.0 Å². The molecular formula is C25H20F2N4O2. The molecule has 4 rings (SSSR count). The van der Waals surface area contributed by atoms with Gasteiger partial charge < -0.3 is 15.2 Å². The van der Waals surface area contributed by atoms with Gasteiger partial charge in [0.2, 0.25) is 0 Å². The highest BCUT2D eigenvalue weighted by Crippen LogP contribution is 2.16. The summed E-state index contributed by atoms with van der Waals surface area (Å²) in [6.45, 7) is 2.39. The van der Waals surface area contributed by atoms with Crippen LogP contribution in [0.1, 0.15) is 32.0 Å². The lowest BCUT2D eigenvalue weighted by Gasteiger charge is -2.08. The quantitative estimate of drug-likeness (QED) is 0.437. The molecule has 0 unspecified atom stereocenters. The first kappa shape index (κ1) is 21.9. The Kier molecular flexibility index (Phi) is 6.26. The van der Waals surface area contributed by atoms with Crippen molar-refractivity contribution in [2.45, 2.75) is 13.5 Å². The number of amides is 2. The van der Waals surface area contributed by atoms with E-state index in [4.69, 9.17) is 0 Å². The number of rotatable bonds is 6. The van der Waals surface area contributed by atoms with Gasteiger partial charge in [-0.15, -0.1) is 0 Å². The molecule has 0 radical (unpaired) electrons. The summed E-state index contributed by atoms with van der Waals surface area (Å²) in [6.07, 6.45) is 3.07. The summed E-state index contributed by atoms with van der Waals surface area (Å²) >= 11 is 0. The lowest BCUT2D eigenvalue weighted by molar-refractivity contribution is 0.101. The van der Waals surface area contributed by atoms with Gasteiger partial charge in [0.15, 0.2) is 11.6 Å². The third-order valence-corrected chi connectivity index (χ3v) is 4.90. The molecular weight excluding hydrogens is 426 g/mol. The third kappa shape index (κ3) is 5.48. The normalized spacial score (nSPS) is 10.6. The summed E-state index contributed by atoms with van der Waals surface area (Å²) in [5, 5.41) is 5.35. The Labute approximate surface area is 188 Å². The van der Waals surface area contributed by atoms with E-state index < -0.39 is 17.5 Å². The van der Waals surface area contributed by atoms with Crippen molar-refractivity contribution in [3.05, 3.63) is 113 Å². The van der Waals surface area contributed by atoms with Crippen molar-refractivity contribution in [3.8, 4) is 0 Å². The maximum atomic E-state index is 13.3. The summed E-state index contributed by atoms with van der Waals surface area (Å²) in [7, 11) is 0. The SMILES string of the molecule is Cc1cccc(C(=O)Nc2ccc(Cn3cnc(C(=O)Nc4ccc(F)c(F)c4)c3)cc2)c1. The van der Waals surface area contributed by atoms with Crippen LogP contribution in [0.5, 0.6) is 0 Å². The minimum absolute atomic E-state index is 0.136. The lowest BCUT2D eigenvalue weighted by Crippen LogP contribution is -2.12. The van der Waals surface area contributed by atoms with Crippen LogP contribution in [0.4, 0.5) is 20.2 Å². The zero-order valence-corrected chi connectivity index (χ0v) is 17.7. The van der Waals surface area contributed by atoms with Gasteiger partial charge in [0, 0.05) is 35.7 Å². The Morgan fingerprint density at radius 3 is 2.33 bits per heavy atom. The summed E-state index contributed by atoms with van der Waals surface area (Å²) in [6, 6.07) is 17.8. The Morgan fingerprint density at radius 2 is 1.61 bits per heavy atom. The molecule has 3 aromatic carbocycles. The Hall–Kier alpha value is -4.33. The van der Waals surface area contributed by atoms with Crippen molar-refractivity contribution >= 4 is 23.2 Å². The smallest absolute Gasteiger partial charge is 0.275 e. The van der Waals surface area contributed by atoms with Crippen LogP contribution in [0.15, 0.2) is 79.3 Å². The van der Waals surface area contributed by atoms with Crippen molar-refractivity contribution < 1.29 is 18.4 Å². The molecule has 6 nitrogen and oxygen atoms in total. The van der Waals surface area contributed by atoms with Crippen LogP contribution < -0.4 is 10.6 Å². The lowest BCUT2D eigenvalue weighted by atomic mass is 10.1. The summed E-state index contributed by atoms with van der Waals surface area (Å²) < 4.78 is 28.1. The molecule has 166 valence electrons. The van der Waals surface area contributed by atoms with Crippen molar-refractivity contribution in [2.24, 2.45) is 0 Å². The number of nitrogens with zero attached hydrogens (tertiary/aromatic N) is 2. The zero-order chi connectivity index (χ0) is 23.4. The first-order valence-electron chi connectivity index (χ1n) is 10.1. The number of carbonyl (C=O) groups is 2. The van der Waals surface area contributed by atoms with Crippen LogP contribution in [0.3, 0.4) is 0 Å². The van der Waals surface area contributed by atoms with Crippen molar-refractivity contribution in [1.29, 1.82) is 0 Å². The maximum Gasteiger partial charge on any atom is 0.275 e. The molecule has 33 heavy (non-hydrogen) atoms. The van der Waals surface area contributed by atoms with Gasteiger partial charge in [-0.2, -0.15) is 0 Å². The minimum atomic E-state index is -1.04. The number of halogens is 2. The number of aromatic nitrogens is 2. The van der Waals surface area contributed by atoms with Gasteiger partial charge in [-0.3, -0.25) is 9.59 Å². The van der Waals surface area contributed by atoms with E-state index in [-0.39, 0.29) is 17.3 Å². The fourth-order valence-electron chi connectivity index (χ4n) is 3.23. The molecule has 0 spiro atoms. The fraction of sp³-hybridized carbons (Fsp3) is 0.0800. The van der Waals surface area contributed by atoms with E-state index >= 15 is 0 Å². The minimum Gasteiger partial charge on any atom is -0.332 e. The molecule has 0 bridgehead atoms. The largest absolute Gasteiger partial charge is 0.332 e. The van der Waals surface area contributed by atoms with Gasteiger partial charge in [-0.1, -0.05) is 29.8 Å². The number of anilines is 2. The van der Waals surface area contributed by atoms with E-state index in [1.165, 1.54) is 12.4 Å². The van der Waals surface area contributed by atoms with Crippen LogP contribution in [-0.2, 0) is 6.54 Å². The molecule has 1 aromatic heterocycles. The van der Waals surface area contributed by atoms with E-state index in [0.717, 1.165) is 23.3 Å². The molecule has 0 aliphatic rings. The van der Waals surface area contributed by atoms with Crippen LogP contribution in [0.2, 0.25) is 0 Å². The van der Waals surface area contributed by atoms with E-state index in [2.05, 4.69) is 15.6 Å². The van der Waals surface area contributed by atoms with Gasteiger partial charge in [0.05, 0.1) is 6.33 Å². The zero-order valence-electron chi connectivity index (χ0n) is 17.7.